The summed E-state index contributed by atoms with van der Waals surface area (Å²) in [6, 6.07) is 9.01. The zero-order chi connectivity index (χ0) is 16.2. The van der Waals surface area contributed by atoms with Gasteiger partial charge in [0.2, 0.25) is 0 Å². The minimum absolute atomic E-state index is 0.207. The van der Waals surface area contributed by atoms with Crippen LogP contribution in [0.4, 0.5) is 0 Å². The summed E-state index contributed by atoms with van der Waals surface area (Å²) in [5, 5.41) is 14.6. The highest BCUT2D eigenvalue weighted by Crippen LogP contribution is 2.20. The molecule has 0 aliphatic rings. The predicted molar refractivity (Wildman–Crippen MR) is 88.1 cm³/mol. The number of carbonyl (C=O) groups is 1. The van der Waals surface area contributed by atoms with Crippen molar-refractivity contribution in [3.63, 3.8) is 0 Å². The second-order valence-electron chi connectivity index (χ2n) is 5.06. The van der Waals surface area contributed by atoms with E-state index in [1.54, 1.807) is 24.4 Å². The average Bonchev–Trinajstić information content (AvgIpc) is 3.22. The molecule has 0 radical (unpaired) electrons. The molecule has 3 rings (SSSR count). The van der Waals surface area contributed by atoms with Gasteiger partial charge in [0.25, 0.3) is 5.91 Å². The molecule has 23 heavy (non-hydrogen) atoms. The molecule has 7 heteroatoms. The number of hydrogen-bond acceptors (Lipinski definition) is 3. The fraction of sp³-hybridized carbons (Fsp3) is 0.188. The van der Waals surface area contributed by atoms with Crippen molar-refractivity contribution in [2.75, 3.05) is 0 Å². The number of rotatable bonds is 5. The van der Waals surface area contributed by atoms with Gasteiger partial charge in [0.1, 0.15) is 5.69 Å². The van der Waals surface area contributed by atoms with Crippen LogP contribution in [0.5, 0.6) is 0 Å². The lowest BCUT2D eigenvalue weighted by Crippen LogP contribution is -2.22. The topological polar surface area (TPSA) is 75.6 Å². The summed E-state index contributed by atoms with van der Waals surface area (Å²) in [5.74, 6) is -0.207. The number of benzene rings is 1. The Morgan fingerprint density at radius 1 is 1.35 bits per heavy atom. The summed E-state index contributed by atoms with van der Waals surface area (Å²) < 4.78 is 1.82. The van der Waals surface area contributed by atoms with Gasteiger partial charge in [0.15, 0.2) is 0 Å². The Balaban J connectivity index is 1.65. The summed E-state index contributed by atoms with van der Waals surface area (Å²) in [4.78, 5) is 12.2. The molecule has 0 bridgehead atoms. The van der Waals surface area contributed by atoms with Crippen LogP contribution in [0.1, 0.15) is 23.0 Å². The van der Waals surface area contributed by atoms with E-state index in [2.05, 4.69) is 20.6 Å². The number of hydrogen-bond donors (Lipinski definition) is 2. The van der Waals surface area contributed by atoms with Crippen molar-refractivity contribution in [1.29, 1.82) is 0 Å². The third kappa shape index (κ3) is 3.60. The van der Waals surface area contributed by atoms with E-state index in [1.165, 1.54) is 0 Å². The van der Waals surface area contributed by atoms with Gasteiger partial charge in [-0.3, -0.25) is 14.6 Å². The molecule has 1 amide bonds. The molecule has 3 aromatic rings. The third-order valence-corrected chi connectivity index (χ3v) is 3.68. The van der Waals surface area contributed by atoms with Crippen molar-refractivity contribution in [2.45, 2.75) is 20.0 Å². The van der Waals surface area contributed by atoms with Crippen molar-refractivity contribution < 1.29 is 4.79 Å². The zero-order valence-corrected chi connectivity index (χ0v) is 13.3. The maximum Gasteiger partial charge on any atom is 0.269 e. The SMILES string of the molecule is CCn1cc(CNC(=O)c2cc(-c3ccc(Cl)cc3)n[nH]2)cn1. The monoisotopic (exact) mass is 329 g/mol. The molecule has 2 aromatic heterocycles. The second kappa shape index (κ2) is 6.66. The van der Waals surface area contributed by atoms with Gasteiger partial charge >= 0.3 is 0 Å². The van der Waals surface area contributed by atoms with Crippen molar-refractivity contribution >= 4 is 17.5 Å². The van der Waals surface area contributed by atoms with Gasteiger partial charge in [-0.25, -0.2) is 0 Å². The molecular weight excluding hydrogens is 314 g/mol. The van der Waals surface area contributed by atoms with Gasteiger partial charge < -0.3 is 5.32 Å². The minimum atomic E-state index is -0.207. The number of aromatic nitrogens is 4. The van der Waals surface area contributed by atoms with E-state index in [0.717, 1.165) is 17.7 Å². The number of amides is 1. The summed E-state index contributed by atoms with van der Waals surface area (Å²) >= 11 is 5.87. The molecule has 0 saturated heterocycles. The van der Waals surface area contributed by atoms with Crippen molar-refractivity contribution in [3.05, 3.63) is 59.0 Å². The van der Waals surface area contributed by atoms with Crippen LogP contribution in [-0.4, -0.2) is 25.9 Å². The van der Waals surface area contributed by atoms with Gasteiger partial charge in [0, 0.05) is 35.4 Å². The van der Waals surface area contributed by atoms with Gasteiger partial charge in [0.05, 0.1) is 11.9 Å². The Labute approximate surface area is 138 Å². The fourth-order valence-corrected chi connectivity index (χ4v) is 2.28. The summed E-state index contributed by atoms with van der Waals surface area (Å²) in [7, 11) is 0. The van der Waals surface area contributed by atoms with Gasteiger partial charge in [-0.05, 0) is 25.1 Å². The molecule has 6 nitrogen and oxygen atoms in total. The average molecular weight is 330 g/mol. The highest BCUT2D eigenvalue weighted by Gasteiger charge is 2.11. The lowest BCUT2D eigenvalue weighted by Gasteiger charge is -2.00. The Morgan fingerprint density at radius 3 is 2.83 bits per heavy atom. The lowest BCUT2D eigenvalue weighted by molar-refractivity contribution is 0.0946. The molecular formula is C16H16ClN5O. The first kappa shape index (κ1) is 15.3. The molecule has 0 fully saturated rings. The van der Waals surface area contributed by atoms with E-state index in [-0.39, 0.29) is 5.91 Å². The Bertz CT molecular complexity index is 806. The molecule has 0 aliphatic carbocycles. The van der Waals surface area contributed by atoms with Crippen LogP contribution in [0.15, 0.2) is 42.7 Å². The maximum absolute atomic E-state index is 12.2. The van der Waals surface area contributed by atoms with Crippen LogP contribution in [-0.2, 0) is 13.1 Å². The standard InChI is InChI=1S/C16H16ClN5O/c1-2-22-10-11(9-19-22)8-18-16(23)15-7-14(20-21-15)12-3-5-13(17)6-4-12/h3-7,9-10H,2,8H2,1H3,(H,18,23)(H,20,21). The highest BCUT2D eigenvalue weighted by atomic mass is 35.5. The fourth-order valence-electron chi connectivity index (χ4n) is 2.15. The van der Waals surface area contributed by atoms with Crippen LogP contribution < -0.4 is 5.32 Å². The van der Waals surface area contributed by atoms with Gasteiger partial charge in [-0.2, -0.15) is 10.2 Å². The van der Waals surface area contributed by atoms with Gasteiger partial charge in [-0.1, -0.05) is 23.7 Å². The highest BCUT2D eigenvalue weighted by molar-refractivity contribution is 6.30. The first-order valence-electron chi connectivity index (χ1n) is 7.26. The van der Waals surface area contributed by atoms with E-state index < -0.39 is 0 Å². The van der Waals surface area contributed by atoms with Gasteiger partial charge in [-0.15, -0.1) is 0 Å². The quantitative estimate of drug-likeness (QED) is 0.755. The second-order valence-corrected chi connectivity index (χ2v) is 5.50. The van der Waals surface area contributed by atoms with E-state index in [9.17, 15) is 4.79 Å². The molecule has 0 atom stereocenters. The van der Waals surface area contributed by atoms with Crippen LogP contribution in [0.25, 0.3) is 11.3 Å². The molecule has 118 valence electrons. The lowest BCUT2D eigenvalue weighted by atomic mass is 10.1. The van der Waals surface area contributed by atoms with E-state index in [4.69, 9.17) is 11.6 Å². The number of nitrogens with one attached hydrogen (secondary N) is 2. The van der Waals surface area contributed by atoms with E-state index >= 15 is 0 Å². The molecule has 0 aliphatic heterocycles. The number of halogens is 1. The number of H-pyrrole nitrogens is 1. The third-order valence-electron chi connectivity index (χ3n) is 3.43. The number of carbonyl (C=O) groups excluding carboxylic acids is 1. The number of aromatic amines is 1. The Kier molecular flexibility index (Phi) is 4.43. The minimum Gasteiger partial charge on any atom is -0.347 e. The predicted octanol–water partition coefficient (Wildman–Crippen LogP) is 2.88. The van der Waals surface area contributed by atoms with Crippen molar-refractivity contribution in [1.82, 2.24) is 25.3 Å². The molecule has 2 heterocycles. The molecule has 1 aromatic carbocycles. The smallest absolute Gasteiger partial charge is 0.269 e. The van der Waals surface area contributed by atoms with E-state index in [0.29, 0.717) is 23.0 Å². The summed E-state index contributed by atoms with van der Waals surface area (Å²) in [6.45, 7) is 3.24. The largest absolute Gasteiger partial charge is 0.347 e. The molecule has 0 spiro atoms. The van der Waals surface area contributed by atoms with Crippen LogP contribution in [0, 0.1) is 0 Å². The Morgan fingerprint density at radius 2 is 2.13 bits per heavy atom. The molecule has 2 N–H and O–H groups in total. The number of nitrogens with zero attached hydrogens (tertiary/aromatic N) is 3. The summed E-state index contributed by atoms with van der Waals surface area (Å²) in [5.41, 5.74) is 2.97. The first-order valence-corrected chi connectivity index (χ1v) is 7.64. The van der Waals surface area contributed by atoms with Crippen molar-refractivity contribution in [2.24, 2.45) is 0 Å². The number of aryl methyl sites for hydroxylation is 1. The van der Waals surface area contributed by atoms with Crippen LogP contribution in [0.2, 0.25) is 5.02 Å². The Hall–Kier alpha value is -2.60. The van der Waals surface area contributed by atoms with Crippen molar-refractivity contribution in [3.8, 4) is 11.3 Å². The normalized spacial score (nSPS) is 10.7. The molecule has 0 saturated carbocycles. The first-order chi connectivity index (χ1) is 11.2. The van der Waals surface area contributed by atoms with Crippen LogP contribution >= 0.6 is 11.6 Å². The summed E-state index contributed by atoms with van der Waals surface area (Å²) in [6.07, 6.45) is 3.66. The van der Waals surface area contributed by atoms with E-state index in [1.807, 2.05) is 29.9 Å². The maximum atomic E-state index is 12.2. The van der Waals surface area contributed by atoms with Crippen LogP contribution in [0.3, 0.4) is 0 Å². The molecule has 0 unspecified atom stereocenters. The zero-order valence-electron chi connectivity index (χ0n) is 12.6.